The minimum Gasteiger partial charge on any atom is -0.299 e. The molecule has 4 heteroatoms. The van der Waals surface area contributed by atoms with Gasteiger partial charge in [-0.15, -0.1) is 0 Å². The quantitative estimate of drug-likeness (QED) is 0.351. The van der Waals surface area contributed by atoms with Crippen LogP contribution < -0.4 is 0 Å². The molecule has 0 bridgehead atoms. The van der Waals surface area contributed by atoms with Gasteiger partial charge in [0.25, 0.3) is 5.91 Å². The summed E-state index contributed by atoms with van der Waals surface area (Å²) < 4.78 is 0. The Morgan fingerprint density at radius 1 is 1.40 bits per heavy atom. The third kappa shape index (κ3) is 2.75. The van der Waals surface area contributed by atoms with E-state index in [-0.39, 0.29) is 0 Å². The highest BCUT2D eigenvalue weighted by Gasteiger charge is 2.11. The predicted molar refractivity (Wildman–Crippen MR) is 55.4 cm³/mol. The number of allylic oxidation sites excluding steroid dienone is 1. The summed E-state index contributed by atoms with van der Waals surface area (Å²) in [5.74, 6) is -0.513. The molecular weight excluding hydrogens is 194 g/mol. The third-order valence-corrected chi connectivity index (χ3v) is 1.84. The predicted octanol–water partition coefficient (Wildman–Crippen LogP) is 1.36. The van der Waals surface area contributed by atoms with Gasteiger partial charge < -0.3 is 0 Å². The third-order valence-electron chi connectivity index (χ3n) is 1.84. The molecule has 1 N–H and O–H groups in total. The largest absolute Gasteiger partial charge is 0.299 e. The minimum atomic E-state index is -0.513. The molecule has 15 heavy (non-hydrogen) atoms. The first-order chi connectivity index (χ1) is 7.16. The fourth-order valence-corrected chi connectivity index (χ4v) is 1.15. The molecule has 0 aliphatic rings. The Balaban J connectivity index is 3.11. The van der Waals surface area contributed by atoms with Gasteiger partial charge >= 0.3 is 0 Å². The lowest BCUT2D eigenvalue weighted by molar-refractivity contribution is -0.104. The van der Waals surface area contributed by atoms with Crippen molar-refractivity contribution in [1.29, 1.82) is 0 Å². The fourth-order valence-electron chi connectivity index (χ4n) is 1.15. The maximum absolute atomic E-state index is 11.5. The van der Waals surface area contributed by atoms with Crippen LogP contribution in [0.5, 0.6) is 0 Å². The van der Waals surface area contributed by atoms with Crippen molar-refractivity contribution >= 4 is 18.3 Å². The summed E-state index contributed by atoms with van der Waals surface area (Å²) in [5, 5.41) is 9.52. The van der Waals surface area contributed by atoms with Crippen LogP contribution in [-0.4, -0.2) is 29.5 Å². The molecule has 1 amide bonds. The smallest absolute Gasteiger partial charge is 0.277 e. The molecule has 0 aromatic heterocycles. The van der Waals surface area contributed by atoms with Crippen LogP contribution in [0, 0.1) is 0 Å². The Kier molecular flexibility index (Phi) is 3.76. The summed E-state index contributed by atoms with van der Waals surface area (Å²) in [4.78, 5) is 21.6. The van der Waals surface area contributed by atoms with Crippen molar-refractivity contribution in [2.75, 3.05) is 7.05 Å². The first kappa shape index (κ1) is 11.1. The lowest BCUT2D eigenvalue weighted by Gasteiger charge is -2.10. The number of amides is 1. The molecule has 0 atom stereocenters. The number of carbonyl (C=O) groups excluding carboxylic acids is 2. The van der Waals surface area contributed by atoms with Crippen LogP contribution in [0.2, 0.25) is 0 Å². The van der Waals surface area contributed by atoms with Gasteiger partial charge in [0.2, 0.25) is 0 Å². The monoisotopic (exact) mass is 205 g/mol. The highest BCUT2D eigenvalue weighted by atomic mass is 16.5. The first-order valence-electron chi connectivity index (χ1n) is 4.34. The number of carbonyl (C=O) groups is 2. The highest BCUT2D eigenvalue weighted by Crippen LogP contribution is 2.11. The van der Waals surface area contributed by atoms with Crippen LogP contribution in [-0.2, 0) is 4.79 Å². The van der Waals surface area contributed by atoms with Crippen molar-refractivity contribution in [3.63, 3.8) is 0 Å². The Morgan fingerprint density at radius 3 is 2.67 bits per heavy atom. The molecule has 0 fully saturated rings. The van der Waals surface area contributed by atoms with Gasteiger partial charge in [-0.3, -0.25) is 14.8 Å². The van der Waals surface area contributed by atoms with Gasteiger partial charge in [0.15, 0.2) is 0 Å². The Bertz CT molecular complexity index is 397. The maximum Gasteiger partial charge on any atom is 0.277 e. The molecule has 0 spiro atoms. The van der Waals surface area contributed by atoms with Crippen molar-refractivity contribution in [1.82, 2.24) is 5.06 Å². The fraction of sp³-hybridized carbons (Fsp3) is 0.0909. The standard InChI is InChI=1S/C11H11NO3/c1-12(15)11(14)10-7-3-2-5-9(10)6-4-8-13/h2-8,15H,1H3. The zero-order chi connectivity index (χ0) is 11.3. The Labute approximate surface area is 87.4 Å². The van der Waals surface area contributed by atoms with Crippen molar-refractivity contribution in [2.24, 2.45) is 0 Å². The number of rotatable bonds is 3. The average molecular weight is 205 g/mol. The van der Waals surface area contributed by atoms with Crippen LogP contribution in [0.25, 0.3) is 6.08 Å². The number of hydrogen-bond donors (Lipinski definition) is 1. The topological polar surface area (TPSA) is 57.6 Å². The summed E-state index contributed by atoms with van der Waals surface area (Å²) in [7, 11) is 1.25. The zero-order valence-electron chi connectivity index (χ0n) is 8.25. The highest BCUT2D eigenvalue weighted by molar-refractivity contribution is 5.97. The number of hydroxylamine groups is 2. The van der Waals surface area contributed by atoms with Crippen LogP contribution in [0.4, 0.5) is 0 Å². The molecule has 0 heterocycles. The summed E-state index contributed by atoms with van der Waals surface area (Å²) in [6.45, 7) is 0. The summed E-state index contributed by atoms with van der Waals surface area (Å²) in [6, 6.07) is 6.71. The van der Waals surface area contributed by atoms with E-state index in [1.165, 1.54) is 19.2 Å². The van der Waals surface area contributed by atoms with Crippen LogP contribution in [0.3, 0.4) is 0 Å². The van der Waals surface area contributed by atoms with Crippen LogP contribution in [0.1, 0.15) is 15.9 Å². The van der Waals surface area contributed by atoms with Gasteiger partial charge in [-0.05, 0) is 17.7 Å². The number of nitrogens with zero attached hydrogens (tertiary/aromatic N) is 1. The lowest BCUT2D eigenvalue weighted by Crippen LogP contribution is -2.23. The SMILES string of the molecule is CN(O)C(=O)c1ccccc1C=CC=O. The first-order valence-corrected chi connectivity index (χ1v) is 4.34. The molecule has 0 saturated carbocycles. The van der Waals surface area contributed by atoms with Crippen LogP contribution >= 0.6 is 0 Å². The summed E-state index contributed by atoms with van der Waals surface area (Å²) in [5.41, 5.74) is 0.941. The molecular formula is C11H11NO3. The number of aldehydes is 1. The molecule has 0 saturated heterocycles. The molecule has 78 valence electrons. The molecule has 1 aromatic carbocycles. The van der Waals surface area contributed by atoms with E-state index in [2.05, 4.69) is 0 Å². The molecule has 0 aliphatic carbocycles. The van der Waals surface area contributed by atoms with E-state index in [1.54, 1.807) is 24.3 Å². The molecule has 0 unspecified atom stereocenters. The van der Waals surface area contributed by atoms with E-state index in [0.717, 1.165) is 0 Å². The average Bonchev–Trinajstić information content (AvgIpc) is 2.25. The van der Waals surface area contributed by atoms with Gasteiger partial charge in [0.05, 0.1) is 0 Å². The van der Waals surface area contributed by atoms with E-state index >= 15 is 0 Å². The van der Waals surface area contributed by atoms with Crippen molar-refractivity contribution in [2.45, 2.75) is 0 Å². The van der Waals surface area contributed by atoms with E-state index in [1.807, 2.05) is 0 Å². The Hall–Kier alpha value is -1.94. The van der Waals surface area contributed by atoms with Gasteiger partial charge in [0, 0.05) is 12.6 Å². The van der Waals surface area contributed by atoms with Gasteiger partial charge in [0.1, 0.15) is 6.29 Å². The lowest BCUT2D eigenvalue weighted by atomic mass is 10.1. The minimum absolute atomic E-state index is 0.348. The van der Waals surface area contributed by atoms with Crippen molar-refractivity contribution < 1.29 is 14.8 Å². The second kappa shape index (κ2) is 5.07. The van der Waals surface area contributed by atoms with Gasteiger partial charge in [-0.1, -0.05) is 24.3 Å². The zero-order valence-corrected chi connectivity index (χ0v) is 8.25. The number of hydrogen-bond acceptors (Lipinski definition) is 3. The summed E-state index contributed by atoms with van der Waals surface area (Å²) in [6.07, 6.45) is 3.44. The van der Waals surface area contributed by atoms with Crippen LogP contribution in [0.15, 0.2) is 30.3 Å². The van der Waals surface area contributed by atoms with E-state index in [0.29, 0.717) is 22.5 Å². The van der Waals surface area contributed by atoms with Crippen molar-refractivity contribution in [3.8, 4) is 0 Å². The molecule has 1 aromatic rings. The molecule has 0 radical (unpaired) electrons. The summed E-state index contributed by atoms with van der Waals surface area (Å²) >= 11 is 0. The second-order valence-corrected chi connectivity index (χ2v) is 2.91. The second-order valence-electron chi connectivity index (χ2n) is 2.91. The number of benzene rings is 1. The van der Waals surface area contributed by atoms with Gasteiger partial charge in [-0.2, -0.15) is 0 Å². The maximum atomic E-state index is 11.5. The van der Waals surface area contributed by atoms with Crippen molar-refractivity contribution in [3.05, 3.63) is 41.5 Å². The van der Waals surface area contributed by atoms with Gasteiger partial charge in [-0.25, -0.2) is 5.06 Å². The Morgan fingerprint density at radius 2 is 2.07 bits per heavy atom. The molecule has 1 rings (SSSR count). The molecule has 4 nitrogen and oxygen atoms in total. The molecule has 0 aliphatic heterocycles. The van der Waals surface area contributed by atoms with E-state index < -0.39 is 5.91 Å². The van der Waals surface area contributed by atoms with E-state index in [9.17, 15) is 9.59 Å². The van der Waals surface area contributed by atoms with E-state index in [4.69, 9.17) is 5.21 Å². The normalized spacial score (nSPS) is 10.3.